The monoisotopic (exact) mass is 469 g/mol. The quantitative estimate of drug-likeness (QED) is 0.245. The Morgan fingerprint density at radius 2 is 1.55 bits per heavy atom. The zero-order chi connectivity index (χ0) is 25.3. The van der Waals surface area contributed by atoms with Gasteiger partial charge in [0, 0.05) is 13.0 Å². The van der Waals surface area contributed by atoms with Crippen LogP contribution < -0.4 is 22.1 Å². The smallest absolute Gasteiger partial charge is 0.326 e. The molecule has 0 bridgehead atoms. The Bertz CT molecular complexity index is 726. The predicted octanol–water partition coefficient (Wildman–Crippen LogP) is -0.283. The van der Waals surface area contributed by atoms with Crippen molar-refractivity contribution in [2.24, 2.45) is 23.3 Å². The molecule has 7 N–H and O–H groups in total. The molecule has 4 unspecified atom stereocenters. The van der Waals surface area contributed by atoms with Crippen molar-refractivity contribution in [3.8, 4) is 0 Å². The van der Waals surface area contributed by atoms with E-state index in [-0.39, 0.29) is 31.1 Å². The lowest BCUT2D eigenvalue weighted by Crippen LogP contribution is -2.57. The van der Waals surface area contributed by atoms with Gasteiger partial charge in [0.05, 0.1) is 6.04 Å². The van der Waals surface area contributed by atoms with Crippen molar-refractivity contribution in [1.29, 1.82) is 0 Å². The maximum atomic E-state index is 13.1. The van der Waals surface area contributed by atoms with E-state index in [1.165, 1.54) is 4.90 Å². The van der Waals surface area contributed by atoms with E-state index in [4.69, 9.17) is 11.5 Å². The van der Waals surface area contributed by atoms with Crippen molar-refractivity contribution in [1.82, 2.24) is 15.5 Å². The van der Waals surface area contributed by atoms with Crippen LogP contribution in [0.3, 0.4) is 0 Å². The molecule has 1 aliphatic rings. The van der Waals surface area contributed by atoms with Gasteiger partial charge in [0.1, 0.15) is 18.1 Å². The van der Waals surface area contributed by atoms with Gasteiger partial charge in [-0.25, -0.2) is 4.79 Å². The van der Waals surface area contributed by atoms with Gasteiger partial charge in [-0.15, -0.1) is 0 Å². The summed E-state index contributed by atoms with van der Waals surface area (Å²) >= 11 is 0. The number of hydrogen-bond donors (Lipinski definition) is 5. The van der Waals surface area contributed by atoms with E-state index in [1.807, 2.05) is 27.7 Å². The van der Waals surface area contributed by atoms with Crippen LogP contribution in [0, 0.1) is 11.8 Å². The fourth-order valence-electron chi connectivity index (χ4n) is 3.90. The topological polar surface area (TPSA) is 185 Å². The van der Waals surface area contributed by atoms with Crippen LogP contribution in [0.1, 0.15) is 66.2 Å². The molecule has 188 valence electrons. The van der Waals surface area contributed by atoms with Crippen molar-refractivity contribution < 1.29 is 29.1 Å². The van der Waals surface area contributed by atoms with Crippen molar-refractivity contribution in [3.63, 3.8) is 0 Å². The van der Waals surface area contributed by atoms with Gasteiger partial charge < -0.3 is 32.1 Å². The van der Waals surface area contributed by atoms with Crippen molar-refractivity contribution in [2.75, 3.05) is 6.54 Å². The molecule has 0 spiro atoms. The number of nitrogens with zero attached hydrogens (tertiary/aromatic N) is 1. The number of carboxylic acids is 1. The molecule has 0 aromatic heterocycles. The number of aliphatic carboxylic acids is 1. The highest BCUT2D eigenvalue weighted by Gasteiger charge is 2.38. The van der Waals surface area contributed by atoms with Crippen LogP contribution in [-0.2, 0) is 24.0 Å². The maximum Gasteiger partial charge on any atom is 0.326 e. The van der Waals surface area contributed by atoms with Gasteiger partial charge in [0.2, 0.25) is 23.6 Å². The predicted molar refractivity (Wildman–Crippen MR) is 122 cm³/mol. The third-order valence-corrected chi connectivity index (χ3v) is 5.52. The van der Waals surface area contributed by atoms with E-state index in [0.717, 1.165) is 0 Å². The SMILES string of the molecule is CC(C)CC(N)C(=O)NC(CCC(N)=O)C(=O)NC(CC(C)C)C(=O)N1CCCC1C(=O)O. The largest absolute Gasteiger partial charge is 0.480 e. The Kier molecular flexibility index (Phi) is 11.3. The molecule has 1 aliphatic heterocycles. The molecule has 0 saturated carbocycles. The highest BCUT2D eigenvalue weighted by atomic mass is 16.4. The number of carbonyl (C=O) groups is 5. The first-order valence-corrected chi connectivity index (χ1v) is 11.5. The van der Waals surface area contributed by atoms with Gasteiger partial charge in [-0.3, -0.25) is 19.2 Å². The molecule has 4 amide bonds. The van der Waals surface area contributed by atoms with Crippen LogP contribution in [0.15, 0.2) is 0 Å². The van der Waals surface area contributed by atoms with Crippen molar-refractivity contribution in [3.05, 3.63) is 0 Å². The number of hydrogen-bond acceptors (Lipinski definition) is 6. The number of nitrogens with two attached hydrogens (primary N) is 2. The first-order valence-electron chi connectivity index (χ1n) is 11.5. The second kappa shape index (κ2) is 13.1. The summed E-state index contributed by atoms with van der Waals surface area (Å²) in [5.41, 5.74) is 11.1. The summed E-state index contributed by atoms with van der Waals surface area (Å²) in [5, 5.41) is 14.6. The third-order valence-electron chi connectivity index (χ3n) is 5.52. The Balaban J connectivity index is 3.01. The van der Waals surface area contributed by atoms with Gasteiger partial charge in [-0.05, 0) is 43.9 Å². The first kappa shape index (κ1) is 28.3. The summed E-state index contributed by atoms with van der Waals surface area (Å²) in [5.74, 6) is -3.18. The summed E-state index contributed by atoms with van der Waals surface area (Å²) in [6, 6.07) is -3.83. The molecule has 0 aromatic carbocycles. The van der Waals surface area contributed by atoms with Gasteiger partial charge in [0.25, 0.3) is 0 Å². The van der Waals surface area contributed by atoms with E-state index in [0.29, 0.717) is 25.8 Å². The molecule has 1 rings (SSSR count). The molecule has 11 heteroatoms. The minimum atomic E-state index is -1.11. The Morgan fingerprint density at radius 3 is 2.06 bits per heavy atom. The molecule has 4 atom stereocenters. The summed E-state index contributed by atoms with van der Waals surface area (Å²) in [7, 11) is 0. The van der Waals surface area contributed by atoms with E-state index < -0.39 is 53.8 Å². The fourth-order valence-corrected chi connectivity index (χ4v) is 3.90. The number of carboxylic acid groups (broad SMARTS) is 1. The van der Waals surface area contributed by atoms with E-state index in [9.17, 15) is 29.1 Å². The Labute approximate surface area is 195 Å². The molecular formula is C22H39N5O6. The summed E-state index contributed by atoms with van der Waals surface area (Å²) in [6.07, 6.45) is 1.43. The van der Waals surface area contributed by atoms with E-state index in [2.05, 4.69) is 10.6 Å². The average molecular weight is 470 g/mol. The van der Waals surface area contributed by atoms with Crippen LogP contribution in [0.2, 0.25) is 0 Å². The number of carbonyl (C=O) groups excluding carboxylic acids is 4. The number of primary amides is 1. The zero-order valence-electron chi connectivity index (χ0n) is 20.0. The number of likely N-dealkylation sites (tertiary alicyclic amines) is 1. The van der Waals surface area contributed by atoms with E-state index >= 15 is 0 Å². The van der Waals surface area contributed by atoms with Crippen molar-refractivity contribution in [2.45, 2.75) is 90.4 Å². The lowest BCUT2D eigenvalue weighted by atomic mass is 10.0. The highest BCUT2D eigenvalue weighted by molar-refractivity contribution is 5.94. The van der Waals surface area contributed by atoms with E-state index in [1.54, 1.807) is 0 Å². The second-order valence-electron chi connectivity index (χ2n) is 9.52. The number of nitrogens with one attached hydrogen (secondary N) is 2. The Morgan fingerprint density at radius 1 is 0.970 bits per heavy atom. The molecule has 1 saturated heterocycles. The minimum absolute atomic E-state index is 0.0308. The average Bonchev–Trinajstić information content (AvgIpc) is 3.18. The maximum absolute atomic E-state index is 13.1. The van der Waals surface area contributed by atoms with Crippen LogP contribution in [-0.4, -0.2) is 70.3 Å². The fraction of sp³-hybridized carbons (Fsp3) is 0.773. The lowest BCUT2D eigenvalue weighted by Gasteiger charge is -2.29. The van der Waals surface area contributed by atoms with Gasteiger partial charge >= 0.3 is 5.97 Å². The molecule has 0 aromatic rings. The first-order chi connectivity index (χ1) is 15.3. The normalized spacial score (nSPS) is 18.6. The zero-order valence-corrected chi connectivity index (χ0v) is 20.0. The third kappa shape index (κ3) is 9.37. The van der Waals surface area contributed by atoms with Crippen molar-refractivity contribution >= 4 is 29.6 Å². The lowest BCUT2D eigenvalue weighted by molar-refractivity contribution is -0.149. The van der Waals surface area contributed by atoms with Gasteiger partial charge in [-0.1, -0.05) is 27.7 Å². The molecule has 1 heterocycles. The van der Waals surface area contributed by atoms with Crippen LogP contribution >= 0.6 is 0 Å². The standard InChI is InChI=1S/C22H39N5O6/c1-12(2)10-14(23)19(29)25-15(7-8-18(24)28)20(30)26-16(11-13(3)4)21(31)27-9-5-6-17(27)22(32)33/h12-17H,5-11,23H2,1-4H3,(H2,24,28)(H,25,29)(H,26,30)(H,32,33). The second-order valence-corrected chi connectivity index (χ2v) is 9.52. The summed E-state index contributed by atoms with van der Waals surface area (Å²) in [6.45, 7) is 7.88. The van der Waals surface area contributed by atoms with Crippen LogP contribution in [0.5, 0.6) is 0 Å². The van der Waals surface area contributed by atoms with Gasteiger partial charge in [-0.2, -0.15) is 0 Å². The molecular weight excluding hydrogens is 430 g/mol. The van der Waals surface area contributed by atoms with Crippen LogP contribution in [0.4, 0.5) is 0 Å². The molecule has 33 heavy (non-hydrogen) atoms. The highest BCUT2D eigenvalue weighted by Crippen LogP contribution is 2.20. The minimum Gasteiger partial charge on any atom is -0.480 e. The number of rotatable bonds is 13. The number of amides is 4. The molecule has 0 aliphatic carbocycles. The summed E-state index contributed by atoms with van der Waals surface area (Å²) in [4.78, 5) is 62.8. The van der Waals surface area contributed by atoms with Crippen LogP contribution in [0.25, 0.3) is 0 Å². The molecule has 11 nitrogen and oxygen atoms in total. The summed E-state index contributed by atoms with van der Waals surface area (Å²) < 4.78 is 0. The molecule has 0 radical (unpaired) electrons. The Hall–Kier alpha value is -2.69. The molecule has 1 fully saturated rings. The van der Waals surface area contributed by atoms with Gasteiger partial charge in [0.15, 0.2) is 0 Å².